The smallest absolute Gasteiger partial charge is 0.139 e. The second-order valence-corrected chi connectivity index (χ2v) is 7.19. The van der Waals surface area contributed by atoms with Crippen LogP contribution in [0, 0.1) is 0 Å². The number of hydrogen-bond acceptors (Lipinski definition) is 7. The van der Waals surface area contributed by atoms with E-state index < -0.39 is 0 Å². The second-order valence-electron chi connectivity index (χ2n) is 6.27. The van der Waals surface area contributed by atoms with Crippen LogP contribution in [-0.4, -0.2) is 22.3 Å². The van der Waals surface area contributed by atoms with Crippen LogP contribution in [0.25, 0.3) is 21.0 Å². The first kappa shape index (κ1) is 16.0. The summed E-state index contributed by atoms with van der Waals surface area (Å²) in [5.41, 5.74) is 4.50. The highest BCUT2D eigenvalue weighted by Gasteiger charge is 2.13. The number of thiophene rings is 1. The van der Waals surface area contributed by atoms with Crippen molar-refractivity contribution in [2.45, 2.75) is 6.61 Å². The van der Waals surface area contributed by atoms with Crippen molar-refractivity contribution < 1.29 is 5.11 Å². The molecule has 0 saturated carbocycles. The van der Waals surface area contributed by atoms with Gasteiger partial charge in [0.05, 0.1) is 17.8 Å². The molecular formula is C20H15N5OS. The van der Waals surface area contributed by atoms with Gasteiger partial charge < -0.3 is 10.4 Å². The third-order valence-electron chi connectivity index (χ3n) is 4.55. The van der Waals surface area contributed by atoms with Gasteiger partial charge in [-0.2, -0.15) is 5.11 Å². The molecule has 1 aliphatic heterocycles. The van der Waals surface area contributed by atoms with E-state index in [1.807, 2.05) is 30.3 Å². The Balaban J connectivity index is 1.64. The average molecular weight is 373 g/mol. The molecule has 2 aromatic carbocycles. The van der Waals surface area contributed by atoms with Crippen LogP contribution in [0.15, 0.2) is 69.3 Å². The van der Waals surface area contributed by atoms with E-state index in [-0.39, 0.29) is 6.61 Å². The maximum atomic E-state index is 9.37. The molecule has 27 heavy (non-hydrogen) atoms. The van der Waals surface area contributed by atoms with Gasteiger partial charge in [-0.15, -0.1) is 16.4 Å². The van der Waals surface area contributed by atoms with Crippen molar-refractivity contribution in [3.05, 3.63) is 65.0 Å². The molecule has 0 spiro atoms. The number of hydrogen-bond donors (Lipinski definition) is 2. The zero-order chi connectivity index (χ0) is 18.2. The number of aliphatic hydroxyl groups excluding tert-OH is 1. The fourth-order valence-electron chi connectivity index (χ4n) is 3.22. The number of anilines is 2. The van der Waals surface area contributed by atoms with Crippen molar-refractivity contribution in [3.63, 3.8) is 0 Å². The maximum Gasteiger partial charge on any atom is 0.139 e. The van der Waals surface area contributed by atoms with Crippen LogP contribution in [-0.2, 0) is 6.61 Å². The quantitative estimate of drug-likeness (QED) is 0.536. The van der Waals surface area contributed by atoms with E-state index in [2.05, 4.69) is 44.3 Å². The fraction of sp³-hybridized carbons (Fsp3) is 0.100. The van der Waals surface area contributed by atoms with Crippen molar-refractivity contribution in [1.82, 2.24) is 4.98 Å². The Hall–Kier alpha value is -3.16. The topological polar surface area (TPSA) is 82.2 Å². The lowest BCUT2D eigenvalue weighted by molar-refractivity contribution is 0.282. The minimum absolute atomic E-state index is 0.0100. The van der Waals surface area contributed by atoms with E-state index in [0.29, 0.717) is 6.54 Å². The van der Waals surface area contributed by atoms with Gasteiger partial charge in [-0.3, -0.25) is 0 Å². The van der Waals surface area contributed by atoms with E-state index in [0.717, 1.165) is 44.6 Å². The minimum Gasteiger partial charge on any atom is -0.392 e. The third-order valence-corrected chi connectivity index (χ3v) is 5.50. The number of fused-ring (bicyclic) bond motifs is 3. The van der Waals surface area contributed by atoms with E-state index in [4.69, 9.17) is 4.98 Å². The molecule has 0 bridgehead atoms. The van der Waals surface area contributed by atoms with Gasteiger partial charge in [0.1, 0.15) is 12.4 Å². The van der Waals surface area contributed by atoms with E-state index in [9.17, 15) is 5.11 Å². The Kier molecular flexibility index (Phi) is 3.88. The Morgan fingerprint density at radius 1 is 1.07 bits per heavy atom. The Morgan fingerprint density at radius 3 is 2.89 bits per heavy atom. The van der Waals surface area contributed by atoms with E-state index in [1.165, 1.54) is 4.70 Å². The molecule has 132 valence electrons. The molecule has 0 radical (unpaired) electrons. The number of nitrogens with one attached hydrogen (secondary N) is 1. The van der Waals surface area contributed by atoms with Crippen LogP contribution < -0.4 is 5.32 Å². The van der Waals surface area contributed by atoms with Crippen molar-refractivity contribution in [1.29, 1.82) is 0 Å². The zero-order valence-corrected chi connectivity index (χ0v) is 15.1. The van der Waals surface area contributed by atoms with Gasteiger partial charge in [-0.25, -0.2) is 4.98 Å². The number of nitrogens with zero attached hydrogens (tertiary/aromatic N) is 4. The number of aliphatic hydroxyl groups is 1. The van der Waals surface area contributed by atoms with Crippen molar-refractivity contribution >= 4 is 49.5 Å². The average Bonchev–Trinajstić information content (AvgIpc) is 3.40. The lowest BCUT2D eigenvalue weighted by Crippen LogP contribution is -2.02. The first-order valence-electron chi connectivity index (χ1n) is 8.53. The zero-order valence-electron chi connectivity index (χ0n) is 14.3. The van der Waals surface area contributed by atoms with Gasteiger partial charge in [0.2, 0.25) is 0 Å². The SMILES string of the molecule is OCc1cccc(Nc2nc3cc(C4=NN=NC4)ccc3c3sccc23)c1. The van der Waals surface area contributed by atoms with Crippen LogP contribution in [0.2, 0.25) is 0 Å². The third kappa shape index (κ3) is 2.87. The van der Waals surface area contributed by atoms with Gasteiger partial charge >= 0.3 is 0 Å². The standard InChI is InChI=1S/C20H15N5OS/c26-11-12-2-1-3-14(8-12)22-20-16-6-7-27-19(16)15-5-4-13(9-17(15)23-20)18-10-21-25-24-18/h1-9,26H,10-11H2,(H,22,23). The molecule has 0 aliphatic carbocycles. The summed E-state index contributed by atoms with van der Waals surface area (Å²) in [4.78, 5) is 4.88. The summed E-state index contributed by atoms with van der Waals surface area (Å²) in [6.45, 7) is 0.516. The predicted octanol–water partition coefficient (Wildman–Crippen LogP) is 4.86. The lowest BCUT2D eigenvalue weighted by atomic mass is 10.1. The Labute approximate surface area is 158 Å². The number of pyridine rings is 1. The number of aromatic nitrogens is 1. The molecule has 5 rings (SSSR count). The molecule has 0 atom stereocenters. The van der Waals surface area contributed by atoms with E-state index >= 15 is 0 Å². The highest BCUT2D eigenvalue weighted by molar-refractivity contribution is 7.18. The maximum absolute atomic E-state index is 9.37. The Morgan fingerprint density at radius 2 is 2.04 bits per heavy atom. The fourth-order valence-corrected chi connectivity index (χ4v) is 4.16. The van der Waals surface area contributed by atoms with Crippen molar-refractivity contribution in [3.8, 4) is 0 Å². The largest absolute Gasteiger partial charge is 0.392 e. The van der Waals surface area contributed by atoms with Gasteiger partial charge in [0.25, 0.3) is 0 Å². The highest BCUT2D eigenvalue weighted by Crippen LogP contribution is 2.35. The number of benzene rings is 2. The normalized spacial score (nSPS) is 13.4. The molecule has 2 aromatic heterocycles. The molecule has 0 unspecified atom stereocenters. The molecule has 0 fully saturated rings. The summed E-state index contributed by atoms with van der Waals surface area (Å²) in [6.07, 6.45) is 0. The van der Waals surface area contributed by atoms with Gasteiger partial charge in [-0.05, 0) is 40.4 Å². The summed E-state index contributed by atoms with van der Waals surface area (Å²) in [6, 6.07) is 16.0. The molecule has 0 amide bonds. The molecule has 1 aliphatic rings. The summed E-state index contributed by atoms with van der Waals surface area (Å²) in [7, 11) is 0. The Bertz CT molecular complexity index is 1230. The minimum atomic E-state index is 0.0100. The molecule has 7 heteroatoms. The lowest BCUT2D eigenvalue weighted by Gasteiger charge is -2.11. The summed E-state index contributed by atoms with van der Waals surface area (Å²) < 4.78 is 1.19. The van der Waals surface area contributed by atoms with Crippen LogP contribution in [0.3, 0.4) is 0 Å². The first-order chi connectivity index (χ1) is 13.3. The van der Waals surface area contributed by atoms with Crippen LogP contribution in [0.5, 0.6) is 0 Å². The predicted molar refractivity (Wildman–Crippen MR) is 109 cm³/mol. The summed E-state index contributed by atoms with van der Waals surface area (Å²) in [5.74, 6) is 0.800. The van der Waals surface area contributed by atoms with Crippen molar-refractivity contribution in [2.75, 3.05) is 11.9 Å². The van der Waals surface area contributed by atoms with Crippen LogP contribution in [0.4, 0.5) is 11.5 Å². The first-order valence-corrected chi connectivity index (χ1v) is 9.41. The van der Waals surface area contributed by atoms with Crippen LogP contribution in [0.1, 0.15) is 11.1 Å². The number of rotatable bonds is 4. The molecule has 0 saturated heterocycles. The monoisotopic (exact) mass is 373 g/mol. The molecule has 4 aromatic rings. The van der Waals surface area contributed by atoms with Crippen LogP contribution >= 0.6 is 11.3 Å². The highest BCUT2D eigenvalue weighted by atomic mass is 32.1. The molecule has 2 N–H and O–H groups in total. The van der Waals surface area contributed by atoms with Crippen molar-refractivity contribution in [2.24, 2.45) is 15.4 Å². The molecular weight excluding hydrogens is 358 g/mol. The summed E-state index contributed by atoms with van der Waals surface area (Å²) >= 11 is 1.70. The van der Waals surface area contributed by atoms with E-state index in [1.54, 1.807) is 11.3 Å². The van der Waals surface area contributed by atoms with Gasteiger partial charge in [0, 0.05) is 26.7 Å². The second kappa shape index (κ2) is 6.53. The molecule has 6 nitrogen and oxygen atoms in total. The van der Waals surface area contributed by atoms with Gasteiger partial charge in [-0.1, -0.05) is 24.3 Å². The molecule has 3 heterocycles. The van der Waals surface area contributed by atoms with Gasteiger partial charge in [0.15, 0.2) is 0 Å². The summed E-state index contributed by atoms with van der Waals surface area (Å²) in [5, 5.41) is 28.8.